The number of carboxylic acids is 1. The fourth-order valence-electron chi connectivity index (χ4n) is 2.54. The van der Waals surface area contributed by atoms with Crippen molar-refractivity contribution in [3.8, 4) is 0 Å². The summed E-state index contributed by atoms with van der Waals surface area (Å²) < 4.78 is 0. The Bertz CT molecular complexity index is 436. The molecule has 1 heterocycles. The normalized spacial score (nSPS) is 22.7. The molecule has 0 spiro atoms. The van der Waals surface area contributed by atoms with Gasteiger partial charge in [-0.3, -0.25) is 9.69 Å². The predicted molar refractivity (Wildman–Crippen MR) is 71.8 cm³/mol. The third-order valence-corrected chi connectivity index (χ3v) is 3.92. The minimum absolute atomic E-state index is 0.214. The van der Waals surface area contributed by atoms with Gasteiger partial charge in [-0.05, 0) is 44.0 Å². The highest BCUT2D eigenvalue weighted by Crippen LogP contribution is 2.27. The third kappa shape index (κ3) is 3.03. The number of likely N-dealkylation sites (tertiary alicyclic amines) is 1. The summed E-state index contributed by atoms with van der Waals surface area (Å²) in [5.41, 5.74) is 1.15. The summed E-state index contributed by atoms with van der Waals surface area (Å²) in [5.74, 6) is -0.918. The highest BCUT2D eigenvalue weighted by Gasteiger charge is 2.28. The second-order valence-electron chi connectivity index (χ2n) is 4.90. The Hall–Kier alpha value is -1.06. The molecular formula is C14H18ClNO2. The van der Waals surface area contributed by atoms with Crippen molar-refractivity contribution >= 4 is 17.6 Å². The van der Waals surface area contributed by atoms with E-state index in [-0.39, 0.29) is 12.0 Å². The van der Waals surface area contributed by atoms with E-state index in [0.29, 0.717) is 6.54 Å². The Morgan fingerprint density at radius 3 is 3.00 bits per heavy atom. The second-order valence-corrected chi connectivity index (χ2v) is 5.34. The minimum atomic E-state index is -0.682. The van der Waals surface area contributed by atoms with Crippen molar-refractivity contribution in [3.05, 3.63) is 34.9 Å². The molecular weight excluding hydrogens is 250 g/mol. The van der Waals surface area contributed by atoms with Gasteiger partial charge >= 0.3 is 5.97 Å². The molecule has 1 saturated heterocycles. The van der Waals surface area contributed by atoms with Crippen LogP contribution in [0.3, 0.4) is 0 Å². The van der Waals surface area contributed by atoms with Crippen LogP contribution < -0.4 is 0 Å². The van der Waals surface area contributed by atoms with Crippen molar-refractivity contribution in [2.75, 3.05) is 13.1 Å². The van der Waals surface area contributed by atoms with Crippen molar-refractivity contribution in [2.24, 2.45) is 5.92 Å². The Morgan fingerprint density at radius 1 is 1.56 bits per heavy atom. The summed E-state index contributed by atoms with van der Waals surface area (Å²) in [6.45, 7) is 3.69. The monoisotopic (exact) mass is 267 g/mol. The van der Waals surface area contributed by atoms with Gasteiger partial charge < -0.3 is 5.11 Å². The van der Waals surface area contributed by atoms with Crippen LogP contribution in [0, 0.1) is 5.92 Å². The topological polar surface area (TPSA) is 40.5 Å². The highest BCUT2D eigenvalue weighted by atomic mass is 35.5. The number of carbonyl (C=O) groups is 1. The van der Waals surface area contributed by atoms with E-state index in [4.69, 9.17) is 16.7 Å². The van der Waals surface area contributed by atoms with Crippen molar-refractivity contribution in [1.82, 2.24) is 4.90 Å². The maximum atomic E-state index is 11.1. The molecule has 0 aliphatic carbocycles. The molecule has 0 aromatic heterocycles. The lowest BCUT2D eigenvalue weighted by Crippen LogP contribution is -2.40. The van der Waals surface area contributed by atoms with Gasteiger partial charge in [0, 0.05) is 17.6 Å². The van der Waals surface area contributed by atoms with Crippen LogP contribution in [0.25, 0.3) is 0 Å². The molecule has 1 aromatic rings. The van der Waals surface area contributed by atoms with E-state index >= 15 is 0 Å². The number of nitrogens with zero attached hydrogens (tertiary/aromatic N) is 1. The minimum Gasteiger partial charge on any atom is -0.481 e. The van der Waals surface area contributed by atoms with Crippen LogP contribution >= 0.6 is 11.6 Å². The first kappa shape index (κ1) is 13.4. The molecule has 1 aliphatic rings. The molecule has 2 rings (SSSR count). The number of piperidine rings is 1. The van der Waals surface area contributed by atoms with E-state index in [1.165, 1.54) is 0 Å². The SMILES string of the molecule is CC(c1cccc(Cl)c1)N1CCCC(C(=O)O)C1. The van der Waals surface area contributed by atoms with Crippen LogP contribution in [0.5, 0.6) is 0 Å². The number of aliphatic carboxylic acids is 1. The molecule has 18 heavy (non-hydrogen) atoms. The third-order valence-electron chi connectivity index (χ3n) is 3.68. The molecule has 1 fully saturated rings. The van der Waals surface area contributed by atoms with E-state index in [9.17, 15) is 4.79 Å². The lowest BCUT2D eigenvalue weighted by molar-refractivity contribution is -0.143. The zero-order valence-corrected chi connectivity index (χ0v) is 11.2. The van der Waals surface area contributed by atoms with Gasteiger partial charge in [0.1, 0.15) is 0 Å². The molecule has 1 N–H and O–H groups in total. The molecule has 4 heteroatoms. The average molecular weight is 268 g/mol. The highest BCUT2D eigenvalue weighted by molar-refractivity contribution is 6.30. The number of hydrogen-bond acceptors (Lipinski definition) is 2. The van der Waals surface area contributed by atoms with Crippen LogP contribution in [0.4, 0.5) is 0 Å². The summed E-state index contributed by atoms with van der Waals surface area (Å²) in [7, 11) is 0. The smallest absolute Gasteiger partial charge is 0.307 e. The van der Waals surface area contributed by atoms with Crippen LogP contribution in [-0.4, -0.2) is 29.1 Å². The Kier molecular flexibility index (Phi) is 4.25. The van der Waals surface area contributed by atoms with Gasteiger partial charge in [-0.15, -0.1) is 0 Å². The van der Waals surface area contributed by atoms with Crippen LogP contribution in [0.2, 0.25) is 5.02 Å². The first-order valence-corrected chi connectivity index (χ1v) is 6.68. The largest absolute Gasteiger partial charge is 0.481 e. The molecule has 0 amide bonds. The number of halogens is 1. The lowest BCUT2D eigenvalue weighted by atomic mass is 9.95. The fraction of sp³-hybridized carbons (Fsp3) is 0.500. The van der Waals surface area contributed by atoms with Gasteiger partial charge in [-0.2, -0.15) is 0 Å². The number of hydrogen-bond donors (Lipinski definition) is 1. The van der Waals surface area contributed by atoms with E-state index in [1.54, 1.807) is 0 Å². The summed E-state index contributed by atoms with van der Waals surface area (Å²) in [5, 5.41) is 9.83. The Morgan fingerprint density at radius 2 is 2.33 bits per heavy atom. The molecule has 0 radical (unpaired) electrons. The summed E-state index contributed by atoms with van der Waals surface area (Å²) in [4.78, 5) is 13.3. The van der Waals surface area contributed by atoms with E-state index in [0.717, 1.165) is 30.0 Å². The van der Waals surface area contributed by atoms with Crippen LogP contribution in [0.15, 0.2) is 24.3 Å². The van der Waals surface area contributed by atoms with E-state index < -0.39 is 5.97 Å². The molecule has 1 aromatic carbocycles. The number of benzene rings is 1. The summed E-state index contributed by atoms with van der Waals surface area (Å²) in [6.07, 6.45) is 1.73. The van der Waals surface area contributed by atoms with Gasteiger partial charge in [0.25, 0.3) is 0 Å². The molecule has 1 aliphatic heterocycles. The first-order valence-electron chi connectivity index (χ1n) is 6.30. The van der Waals surface area contributed by atoms with Gasteiger partial charge in [0.05, 0.1) is 5.92 Å². The zero-order chi connectivity index (χ0) is 13.1. The molecule has 0 bridgehead atoms. The standard InChI is InChI=1S/C14H18ClNO2/c1-10(11-4-2-6-13(15)8-11)16-7-3-5-12(9-16)14(17)18/h2,4,6,8,10,12H,3,5,7,9H2,1H3,(H,17,18). The lowest BCUT2D eigenvalue weighted by Gasteiger charge is -2.35. The Balaban J connectivity index is 2.09. The van der Waals surface area contributed by atoms with Gasteiger partial charge in [0.15, 0.2) is 0 Å². The molecule has 3 nitrogen and oxygen atoms in total. The number of carboxylic acid groups (broad SMARTS) is 1. The molecule has 2 unspecified atom stereocenters. The summed E-state index contributed by atoms with van der Waals surface area (Å²) in [6, 6.07) is 8.00. The average Bonchev–Trinajstić information content (AvgIpc) is 2.38. The quantitative estimate of drug-likeness (QED) is 0.914. The van der Waals surface area contributed by atoms with Crippen LogP contribution in [0.1, 0.15) is 31.4 Å². The van der Waals surface area contributed by atoms with Crippen molar-refractivity contribution in [2.45, 2.75) is 25.8 Å². The molecule has 0 saturated carbocycles. The van der Waals surface area contributed by atoms with Crippen LogP contribution in [-0.2, 0) is 4.79 Å². The number of rotatable bonds is 3. The van der Waals surface area contributed by atoms with Gasteiger partial charge in [-0.1, -0.05) is 23.7 Å². The van der Waals surface area contributed by atoms with Gasteiger partial charge in [0.2, 0.25) is 0 Å². The zero-order valence-electron chi connectivity index (χ0n) is 10.5. The fourth-order valence-corrected chi connectivity index (χ4v) is 2.74. The van der Waals surface area contributed by atoms with Gasteiger partial charge in [-0.25, -0.2) is 0 Å². The summed E-state index contributed by atoms with van der Waals surface area (Å²) >= 11 is 5.99. The molecule has 2 atom stereocenters. The first-order chi connectivity index (χ1) is 8.58. The van der Waals surface area contributed by atoms with Crippen molar-refractivity contribution in [3.63, 3.8) is 0 Å². The Labute approximate surface area is 112 Å². The molecule has 98 valence electrons. The van der Waals surface area contributed by atoms with Crippen molar-refractivity contribution in [1.29, 1.82) is 0 Å². The van der Waals surface area contributed by atoms with E-state index in [1.807, 2.05) is 24.3 Å². The predicted octanol–water partition coefficient (Wildman–Crippen LogP) is 3.20. The van der Waals surface area contributed by atoms with Crippen molar-refractivity contribution < 1.29 is 9.90 Å². The second kappa shape index (κ2) is 5.72. The van der Waals surface area contributed by atoms with E-state index in [2.05, 4.69) is 11.8 Å². The maximum Gasteiger partial charge on any atom is 0.307 e. The maximum absolute atomic E-state index is 11.1.